The van der Waals surface area contributed by atoms with E-state index in [2.05, 4.69) is 20.4 Å². The summed E-state index contributed by atoms with van der Waals surface area (Å²) in [5, 5.41) is 8.74. The smallest absolute Gasteiger partial charge is 0.228 e. The van der Waals surface area contributed by atoms with E-state index in [4.69, 9.17) is 4.74 Å². The highest BCUT2D eigenvalue weighted by Crippen LogP contribution is 2.29. The molecule has 1 N–H and O–H groups in total. The van der Waals surface area contributed by atoms with Crippen LogP contribution in [-0.4, -0.2) is 53.6 Å². The molecule has 0 spiro atoms. The predicted octanol–water partition coefficient (Wildman–Crippen LogP) is 1.97. The van der Waals surface area contributed by atoms with Crippen LogP contribution in [0.3, 0.4) is 0 Å². The van der Waals surface area contributed by atoms with E-state index in [0.717, 1.165) is 42.7 Å². The van der Waals surface area contributed by atoms with Crippen LogP contribution in [0.15, 0.2) is 29.2 Å². The average molecular weight is 401 g/mol. The van der Waals surface area contributed by atoms with E-state index in [9.17, 15) is 8.42 Å². The molecule has 1 fully saturated rings. The molecule has 8 nitrogen and oxygen atoms in total. The van der Waals surface area contributed by atoms with Crippen molar-refractivity contribution >= 4 is 20.9 Å². The summed E-state index contributed by atoms with van der Waals surface area (Å²) in [7, 11) is -3.25. The van der Waals surface area contributed by atoms with Crippen molar-refractivity contribution in [1.29, 1.82) is 0 Å². The quantitative estimate of drug-likeness (QED) is 0.713. The minimum Gasteiger partial charge on any atom is -0.474 e. The van der Waals surface area contributed by atoms with Crippen molar-refractivity contribution in [1.82, 2.24) is 25.1 Å². The molecule has 1 aromatic carbocycles. The highest BCUT2D eigenvalue weighted by atomic mass is 32.2. The van der Waals surface area contributed by atoms with Crippen LogP contribution >= 0.6 is 0 Å². The number of nitrogens with zero attached hydrogens (tertiary/aromatic N) is 4. The Bertz CT molecular complexity index is 1120. The number of hydrogen-bond acceptors (Lipinski definition) is 7. The molecule has 2 aromatic heterocycles. The second-order valence-electron chi connectivity index (χ2n) is 7.11. The molecule has 0 aliphatic carbocycles. The number of fused-ring (bicyclic) bond motifs is 1. The molecule has 3 aromatic rings. The number of benzene rings is 1. The lowest BCUT2D eigenvalue weighted by molar-refractivity contribution is 0.158. The summed E-state index contributed by atoms with van der Waals surface area (Å²) < 4.78 is 31.4. The van der Waals surface area contributed by atoms with Crippen LogP contribution in [-0.2, 0) is 9.84 Å². The Labute approximate surface area is 163 Å². The van der Waals surface area contributed by atoms with E-state index in [1.165, 1.54) is 6.26 Å². The topological polar surface area (TPSA) is 99.0 Å². The van der Waals surface area contributed by atoms with Gasteiger partial charge < -0.3 is 10.1 Å². The maximum absolute atomic E-state index is 11.7. The van der Waals surface area contributed by atoms with Crippen LogP contribution in [0.25, 0.3) is 16.7 Å². The Morgan fingerprint density at radius 3 is 2.43 bits per heavy atom. The maximum atomic E-state index is 11.7. The summed E-state index contributed by atoms with van der Waals surface area (Å²) in [6.07, 6.45) is 3.18. The number of aryl methyl sites for hydroxylation is 2. The number of nitrogens with one attached hydrogen (secondary N) is 1. The number of sulfone groups is 1. The monoisotopic (exact) mass is 401 g/mol. The third-order valence-corrected chi connectivity index (χ3v) is 5.98. The van der Waals surface area contributed by atoms with Gasteiger partial charge in [0.25, 0.3) is 0 Å². The van der Waals surface area contributed by atoms with Gasteiger partial charge in [0.2, 0.25) is 5.88 Å². The zero-order valence-corrected chi connectivity index (χ0v) is 17.0. The lowest BCUT2D eigenvalue weighted by atomic mass is 10.1. The molecule has 0 amide bonds. The van der Waals surface area contributed by atoms with E-state index in [1.807, 2.05) is 13.8 Å². The molecule has 4 rings (SSSR count). The molecule has 1 saturated heterocycles. The molecule has 3 heterocycles. The fourth-order valence-corrected chi connectivity index (χ4v) is 4.05. The fourth-order valence-electron chi connectivity index (χ4n) is 3.42. The van der Waals surface area contributed by atoms with E-state index < -0.39 is 9.84 Å². The van der Waals surface area contributed by atoms with Gasteiger partial charge in [-0.2, -0.15) is 10.1 Å². The second kappa shape index (κ2) is 7.14. The van der Waals surface area contributed by atoms with Gasteiger partial charge >= 0.3 is 0 Å². The number of aromatic nitrogens is 4. The highest BCUT2D eigenvalue weighted by Gasteiger charge is 2.22. The first-order valence-corrected chi connectivity index (χ1v) is 11.1. The van der Waals surface area contributed by atoms with Crippen LogP contribution in [0.5, 0.6) is 5.88 Å². The van der Waals surface area contributed by atoms with Crippen molar-refractivity contribution in [3.63, 3.8) is 0 Å². The van der Waals surface area contributed by atoms with E-state index in [0.29, 0.717) is 17.4 Å². The summed E-state index contributed by atoms with van der Waals surface area (Å²) in [6.45, 7) is 5.59. The third kappa shape index (κ3) is 3.59. The average Bonchev–Trinajstić information content (AvgIpc) is 2.98. The number of piperidine rings is 1. The van der Waals surface area contributed by atoms with Gasteiger partial charge in [-0.3, -0.25) is 0 Å². The molecule has 0 bridgehead atoms. The van der Waals surface area contributed by atoms with Crippen molar-refractivity contribution in [2.45, 2.75) is 37.7 Å². The van der Waals surface area contributed by atoms with Crippen molar-refractivity contribution < 1.29 is 13.2 Å². The van der Waals surface area contributed by atoms with Crippen LogP contribution in [0.1, 0.15) is 24.4 Å². The first-order valence-electron chi connectivity index (χ1n) is 9.25. The first kappa shape index (κ1) is 18.8. The van der Waals surface area contributed by atoms with Crippen molar-refractivity contribution in [3.8, 4) is 11.6 Å². The van der Waals surface area contributed by atoms with Gasteiger partial charge in [0.15, 0.2) is 15.5 Å². The van der Waals surface area contributed by atoms with Gasteiger partial charge in [-0.15, -0.1) is 0 Å². The molecule has 148 valence electrons. The summed E-state index contributed by atoms with van der Waals surface area (Å²) in [5.41, 5.74) is 2.16. The Hall–Kier alpha value is -2.52. The van der Waals surface area contributed by atoms with Gasteiger partial charge in [0.05, 0.1) is 16.3 Å². The minimum atomic E-state index is -3.25. The molecule has 28 heavy (non-hydrogen) atoms. The molecular weight excluding hydrogens is 378 g/mol. The molecule has 0 radical (unpaired) electrons. The zero-order valence-electron chi connectivity index (χ0n) is 16.1. The number of rotatable bonds is 4. The van der Waals surface area contributed by atoms with Gasteiger partial charge in [-0.05, 0) is 64.0 Å². The lowest BCUT2D eigenvalue weighted by Gasteiger charge is -2.23. The molecule has 0 atom stereocenters. The van der Waals surface area contributed by atoms with Crippen molar-refractivity contribution in [2.24, 2.45) is 0 Å². The minimum absolute atomic E-state index is 0.121. The fraction of sp³-hybridized carbons (Fsp3) is 0.421. The molecule has 1 aliphatic heterocycles. The first-order chi connectivity index (χ1) is 13.3. The van der Waals surface area contributed by atoms with E-state index in [1.54, 1.807) is 28.9 Å². The highest BCUT2D eigenvalue weighted by molar-refractivity contribution is 7.90. The van der Waals surface area contributed by atoms with Crippen LogP contribution in [0, 0.1) is 13.8 Å². The standard InChI is InChI=1S/C19H23N5O3S/c1-12-17-18(21-13(2)22-19(17)27-15-8-10-20-11-9-15)24(23-12)14-4-6-16(7-5-14)28(3,25)26/h4-7,15,20H,8-11H2,1-3H3. The molecular formula is C19H23N5O3S. The van der Waals surface area contributed by atoms with Crippen LogP contribution in [0.4, 0.5) is 0 Å². The zero-order chi connectivity index (χ0) is 19.9. The van der Waals surface area contributed by atoms with Crippen molar-refractivity contribution in [3.05, 3.63) is 35.8 Å². The Balaban J connectivity index is 1.78. The summed E-state index contributed by atoms with van der Waals surface area (Å²) in [4.78, 5) is 9.37. The predicted molar refractivity (Wildman–Crippen MR) is 106 cm³/mol. The Morgan fingerprint density at radius 2 is 1.79 bits per heavy atom. The number of hydrogen-bond donors (Lipinski definition) is 1. The molecule has 1 aliphatic rings. The molecule has 0 unspecified atom stereocenters. The molecule has 9 heteroatoms. The van der Waals surface area contributed by atoms with Crippen LogP contribution in [0.2, 0.25) is 0 Å². The summed E-state index contributed by atoms with van der Waals surface area (Å²) in [5.74, 6) is 1.16. The molecule has 0 saturated carbocycles. The van der Waals surface area contributed by atoms with Crippen LogP contribution < -0.4 is 10.1 Å². The lowest BCUT2D eigenvalue weighted by Crippen LogP contribution is -2.34. The SMILES string of the molecule is Cc1nc(OC2CCNCC2)c2c(C)nn(-c3ccc(S(C)(=O)=O)cc3)c2n1. The normalized spacial score (nSPS) is 15.8. The van der Waals surface area contributed by atoms with E-state index >= 15 is 0 Å². The third-order valence-electron chi connectivity index (χ3n) is 4.85. The Kier molecular flexibility index (Phi) is 4.80. The summed E-state index contributed by atoms with van der Waals surface area (Å²) >= 11 is 0. The van der Waals surface area contributed by atoms with Gasteiger partial charge in [0.1, 0.15) is 17.3 Å². The Morgan fingerprint density at radius 1 is 1.11 bits per heavy atom. The van der Waals surface area contributed by atoms with Gasteiger partial charge in [0, 0.05) is 6.26 Å². The maximum Gasteiger partial charge on any atom is 0.228 e. The van der Waals surface area contributed by atoms with Gasteiger partial charge in [-0.25, -0.2) is 18.1 Å². The largest absolute Gasteiger partial charge is 0.474 e. The number of ether oxygens (including phenoxy) is 1. The second-order valence-corrected chi connectivity index (χ2v) is 9.12. The van der Waals surface area contributed by atoms with Crippen molar-refractivity contribution in [2.75, 3.05) is 19.3 Å². The summed E-state index contributed by atoms with van der Waals surface area (Å²) in [6, 6.07) is 6.61. The van der Waals surface area contributed by atoms with E-state index in [-0.39, 0.29) is 11.0 Å². The van der Waals surface area contributed by atoms with Gasteiger partial charge in [-0.1, -0.05) is 0 Å².